The van der Waals surface area contributed by atoms with E-state index in [0.717, 1.165) is 24.3 Å². The van der Waals surface area contributed by atoms with Crippen LogP contribution in [0.4, 0.5) is 0 Å². The quantitative estimate of drug-likeness (QED) is 0.470. The Balaban J connectivity index is 2.39. The molecule has 0 bridgehead atoms. The number of quaternary nitrogens is 1. The minimum Gasteiger partial charge on any atom is -0.481 e. The van der Waals surface area contributed by atoms with Gasteiger partial charge in [0.1, 0.15) is 5.92 Å². The lowest BCUT2D eigenvalue weighted by Crippen LogP contribution is -3.08. The number of piperidine rings is 1. The molecule has 0 aliphatic carbocycles. The molecule has 1 saturated heterocycles. The Morgan fingerprint density at radius 3 is 2.80 bits per heavy atom. The van der Waals surface area contributed by atoms with Crippen molar-refractivity contribution < 1.29 is 14.8 Å². The first-order valence-electron chi connectivity index (χ1n) is 3.59. The van der Waals surface area contributed by atoms with Crippen LogP contribution in [-0.2, 0) is 4.79 Å². The Morgan fingerprint density at radius 1 is 1.70 bits per heavy atom. The predicted octanol–water partition coefficient (Wildman–Crippen LogP) is -0.843. The van der Waals surface area contributed by atoms with Crippen molar-refractivity contribution in [1.82, 2.24) is 0 Å². The van der Waals surface area contributed by atoms with Crippen LogP contribution in [-0.4, -0.2) is 24.2 Å². The minimum absolute atomic E-state index is 0.152. The van der Waals surface area contributed by atoms with Crippen LogP contribution in [0.15, 0.2) is 0 Å². The summed E-state index contributed by atoms with van der Waals surface area (Å²) in [5.74, 6) is -0.818. The lowest BCUT2D eigenvalue weighted by molar-refractivity contribution is -0.862. The molecule has 1 rings (SSSR count). The molecule has 0 aromatic rings. The summed E-state index contributed by atoms with van der Waals surface area (Å²) < 4.78 is 0. The van der Waals surface area contributed by atoms with E-state index in [9.17, 15) is 4.79 Å². The zero-order chi connectivity index (χ0) is 7.56. The van der Waals surface area contributed by atoms with Gasteiger partial charge in [0.25, 0.3) is 0 Å². The first kappa shape index (κ1) is 7.54. The molecule has 0 spiro atoms. The van der Waals surface area contributed by atoms with Crippen molar-refractivity contribution in [2.45, 2.75) is 12.8 Å². The topological polar surface area (TPSA) is 41.7 Å². The summed E-state index contributed by atoms with van der Waals surface area (Å²) >= 11 is 0. The molecule has 2 N–H and O–H groups in total. The molecule has 0 amide bonds. The molecule has 0 saturated carbocycles. The highest BCUT2D eigenvalue weighted by atomic mass is 16.4. The number of hydrogen-bond acceptors (Lipinski definition) is 1. The summed E-state index contributed by atoms with van der Waals surface area (Å²) in [5, 5.41) is 8.61. The molecule has 1 unspecified atom stereocenters. The van der Waals surface area contributed by atoms with Crippen molar-refractivity contribution in [3.8, 4) is 0 Å². The van der Waals surface area contributed by atoms with Gasteiger partial charge in [0.05, 0.1) is 13.1 Å². The SMILES string of the molecule is [CH2-][NH+]1CCC[C@@H](C(=O)O)C1. The Morgan fingerprint density at radius 2 is 2.40 bits per heavy atom. The Labute approximate surface area is 60.6 Å². The van der Waals surface area contributed by atoms with E-state index in [1.54, 1.807) is 0 Å². The van der Waals surface area contributed by atoms with Crippen LogP contribution < -0.4 is 4.90 Å². The van der Waals surface area contributed by atoms with E-state index in [-0.39, 0.29) is 5.92 Å². The van der Waals surface area contributed by atoms with Crippen LogP contribution in [0.5, 0.6) is 0 Å². The summed E-state index contributed by atoms with van der Waals surface area (Å²) in [5.41, 5.74) is 0. The van der Waals surface area contributed by atoms with E-state index in [4.69, 9.17) is 5.11 Å². The maximum atomic E-state index is 10.5. The van der Waals surface area contributed by atoms with Gasteiger partial charge in [-0.15, -0.1) is 0 Å². The smallest absolute Gasteiger partial charge is 0.312 e. The number of likely N-dealkylation sites (tertiary alicyclic amines) is 1. The second-order valence-corrected chi connectivity index (χ2v) is 2.88. The molecule has 0 aromatic carbocycles. The van der Waals surface area contributed by atoms with Crippen LogP contribution >= 0.6 is 0 Å². The van der Waals surface area contributed by atoms with Crippen LogP contribution in [0, 0.1) is 13.0 Å². The molecule has 3 nitrogen and oxygen atoms in total. The normalized spacial score (nSPS) is 33.7. The number of carbonyl (C=O) groups is 1. The van der Waals surface area contributed by atoms with Gasteiger partial charge in [-0.1, -0.05) is 0 Å². The molecular formula is C7H13NO2. The van der Waals surface area contributed by atoms with E-state index in [1.807, 2.05) is 0 Å². The zero-order valence-corrected chi connectivity index (χ0v) is 5.97. The van der Waals surface area contributed by atoms with E-state index in [2.05, 4.69) is 7.05 Å². The van der Waals surface area contributed by atoms with E-state index < -0.39 is 5.97 Å². The van der Waals surface area contributed by atoms with Crippen LogP contribution in [0.2, 0.25) is 0 Å². The third-order valence-corrected chi connectivity index (χ3v) is 1.97. The van der Waals surface area contributed by atoms with Gasteiger partial charge in [0, 0.05) is 0 Å². The second kappa shape index (κ2) is 3.01. The fraction of sp³-hybridized carbons (Fsp3) is 0.714. The highest BCUT2D eigenvalue weighted by Gasteiger charge is 2.23. The Hall–Kier alpha value is -0.570. The standard InChI is InChI=1S/C7H13NO2/c1-8-4-2-3-6(5-8)7(9)10/h6,8H,1-5H2,(H,9,10)/t6-/m1/s1. The van der Waals surface area contributed by atoms with Crippen LogP contribution in [0.1, 0.15) is 12.8 Å². The third-order valence-electron chi connectivity index (χ3n) is 1.97. The van der Waals surface area contributed by atoms with Crippen molar-refractivity contribution in [2.24, 2.45) is 5.92 Å². The van der Waals surface area contributed by atoms with E-state index in [1.165, 1.54) is 0 Å². The third kappa shape index (κ3) is 1.70. The van der Waals surface area contributed by atoms with Crippen LogP contribution in [0.25, 0.3) is 0 Å². The highest BCUT2D eigenvalue weighted by molar-refractivity contribution is 5.70. The number of hydrogen-bond donors (Lipinski definition) is 2. The van der Waals surface area contributed by atoms with Crippen molar-refractivity contribution in [3.63, 3.8) is 0 Å². The summed E-state index contributed by atoms with van der Waals surface area (Å²) in [4.78, 5) is 11.6. The number of aliphatic carboxylic acids is 1. The van der Waals surface area contributed by atoms with E-state index in [0.29, 0.717) is 6.54 Å². The van der Waals surface area contributed by atoms with Crippen molar-refractivity contribution in [3.05, 3.63) is 7.05 Å². The zero-order valence-electron chi connectivity index (χ0n) is 5.97. The molecule has 58 valence electrons. The van der Waals surface area contributed by atoms with Gasteiger partial charge in [0.15, 0.2) is 0 Å². The minimum atomic E-state index is -0.666. The highest BCUT2D eigenvalue weighted by Crippen LogP contribution is 2.06. The predicted molar refractivity (Wildman–Crippen MR) is 36.4 cm³/mol. The second-order valence-electron chi connectivity index (χ2n) is 2.88. The molecule has 2 atom stereocenters. The molecule has 1 heterocycles. The van der Waals surface area contributed by atoms with Gasteiger partial charge in [0.2, 0.25) is 0 Å². The van der Waals surface area contributed by atoms with Gasteiger partial charge < -0.3 is 10.0 Å². The molecule has 1 fully saturated rings. The Kier molecular flexibility index (Phi) is 2.27. The maximum absolute atomic E-state index is 10.5. The monoisotopic (exact) mass is 143 g/mol. The summed E-state index contributed by atoms with van der Waals surface area (Å²) in [6, 6.07) is 0. The largest absolute Gasteiger partial charge is 0.481 e. The van der Waals surface area contributed by atoms with Crippen LogP contribution in [0.3, 0.4) is 0 Å². The number of carboxylic acids is 1. The fourth-order valence-corrected chi connectivity index (χ4v) is 1.36. The fourth-order valence-electron chi connectivity index (χ4n) is 1.36. The lowest BCUT2D eigenvalue weighted by Gasteiger charge is -2.29. The summed E-state index contributed by atoms with van der Waals surface area (Å²) in [6.45, 7) is 1.71. The average Bonchev–Trinajstić information content (AvgIpc) is 1.88. The van der Waals surface area contributed by atoms with Crippen molar-refractivity contribution >= 4 is 5.97 Å². The maximum Gasteiger partial charge on any atom is 0.312 e. The van der Waals surface area contributed by atoms with E-state index >= 15 is 0 Å². The average molecular weight is 143 g/mol. The summed E-state index contributed by atoms with van der Waals surface area (Å²) in [7, 11) is 3.78. The van der Waals surface area contributed by atoms with Crippen molar-refractivity contribution in [2.75, 3.05) is 13.1 Å². The molecule has 0 radical (unpaired) electrons. The number of nitrogens with one attached hydrogen (secondary N) is 1. The number of carboxylic acid groups (broad SMARTS) is 1. The van der Waals surface area contributed by atoms with Gasteiger partial charge in [-0.25, -0.2) is 0 Å². The van der Waals surface area contributed by atoms with Gasteiger partial charge in [-0.05, 0) is 12.8 Å². The first-order valence-corrected chi connectivity index (χ1v) is 3.59. The van der Waals surface area contributed by atoms with Crippen molar-refractivity contribution in [1.29, 1.82) is 0 Å². The van der Waals surface area contributed by atoms with Gasteiger partial charge in [-0.2, -0.15) is 7.05 Å². The molecule has 10 heavy (non-hydrogen) atoms. The molecule has 3 heteroatoms. The van der Waals surface area contributed by atoms with Gasteiger partial charge >= 0.3 is 5.97 Å². The Bertz CT molecular complexity index is 136. The van der Waals surface area contributed by atoms with Gasteiger partial charge in [-0.3, -0.25) is 4.79 Å². The molecule has 0 aromatic heterocycles. The molecule has 1 aliphatic rings. The first-order chi connectivity index (χ1) is 4.70. The summed E-state index contributed by atoms with van der Waals surface area (Å²) in [6.07, 6.45) is 1.82. The molecule has 1 aliphatic heterocycles. The lowest BCUT2D eigenvalue weighted by atomic mass is 9.99. The molecular weight excluding hydrogens is 130 g/mol. The number of rotatable bonds is 1.